The monoisotopic (exact) mass is 610 g/mol. The molecule has 4 atom stereocenters. The van der Waals surface area contributed by atoms with Crippen LogP contribution in [-0.2, 0) is 4.74 Å². The molecule has 2 aromatic carbocycles. The average molecular weight is 611 g/mol. The van der Waals surface area contributed by atoms with Crippen LogP contribution < -0.4 is 20.1 Å². The zero-order valence-corrected chi connectivity index (χ0v) is 26.9. The van der Waals surface area contributed by atoms with E-state index >= 15 is 0 Å². The summed E-state index contributed by atoms with van der Waals surface area (Å²) in [6.07, 6.45) is 5.11. The Morgan fingerprint density at radius 1 is 1.07 bits per heavy atom. The van der Waals surface area contributed by atoms with E-state index in [1.54, 1.807) is 54.5 Å². The zero-order chi connectivity index (χ0) is 31.6. The highest BCUT2D eigenvalue weighted by atomic mass is 16.5. The van der Waals surface area contributed by atoms with E-state index in [9.17, 15) is 14.7 Å². The minimum Gasteiger partial charge on any atom is -0.497 e. The molecule has 0 radical (unpaired) electrons. The molecule has 242 valence electrons. The molecular weight excluding hydrogens is 560 g/mol. The molecule has 1 aliphatic carbocycles. The summed E-state index contributed by atoms with van der Waals surface area (Å²) < 4.78 is 17.9. The maximum absolute atomic E-state index is 14.3. The first kappa shape index (κ1) is 33.6. The molecule has 10 nitrogen and oxygen atoms in total. The van der Waals surface area contributed by atoms with Crippen molar-refractivity contribution in [3.8, 4) is 11.5 Å². The number of aliphatic hydroxyl groups excluding tert-OH is 1. The fourth-order valence-corrected chi connectivity index (χ4v) is 5.55. The van der Waals surface area contributed by atoms with E-state index in [-0.39, 0.29) is 30.6 Å². The molecule has 1 aliphatic heterocycles. The number of aliphatic hydroxyl groups is 1. The quantitative estimate of drug-likeness (QED) is 0.345. The zero-order valence-electron chi connectivity index (χ0n) is 26.9. The number of carbonyl (C=O) groups excluding carboxylic acids is 2. The van der Waals surface area contributed by atoms with Gasteiger partial charge in [0.1, 0.15) is 11.5 Å². The van der Waals surface area contributed by atoms with Gasteiger partial charge in [0.05, 0.1) is 37.5 Å². The molecule has 0 unspecified atom stereocenters. The van der Waals surface area contributed by atoms with Crippen LogP contribution in [0.3, 0.4) is 0 Å². The van der Waals surface area contributed by atoms with Gasteiger partial charge in [-0.1, -0.05) is 6.92 Å². The number of amides is 3. The van der Waals surface area contributed by atoms with Crippen molar-refractivity contribution in [1.29, 1.82) is 0 Å². The number of benzene rings is 2. The third-order valence-corrected chi connectivity index (χ3v) is 8.42. The lowest BCUT2D eigenvalue weighted by Gasteiger charge is -2.36. The van der Waals surface area contributed by atoms with E-state index in [1.807, 2.05) is 13.8 Å². The van der Waals surface area contributed by atoms with Gasteiger partial charge in [-0.15, -0.1) is 0 Å². The highest BCUT2D eigenvalue weighted by Gasteiger charge is 2.31. The second-order valence-corrected chi connectivity index (χ2v) is 12.5. The van der Waals surface area contributed by atoms with Gasteiger partial charge in [0.2, 0.25) is 0 Å². The van der Waals surface area contributed by atoms with Crippen LogP contribution in [0, 0.1) is 11.8 Å². The molecule has 1 heterocycles. The van der Waals surface area contributed by atoms with Crippen molar-refractivity contribution in [2.75, 3.05) is 57.6 Å². The lowest BCUT2D eigenvalue weighted by Crippen LogP contribution is -2.47. The average Bonchev–Trinajstić information content (AvgIpc) is 3.82. The Morgan fingerprint density at radius 2 is 1.77 bits per heavy atom. The Labute approximate surface area is 262 Å². The lowest BCUT2D eigenvalue weighted by atomic mass is 10.0. The van der Waals surface area contributed by atoms with Crippen molar-refractivity contribution in [2.24, 2.45) is 11.8 Å². The number of carbonyl (C=O) groups is 2. The van der Waals surface area contributed by atoms with Crippen LogP contribution in [-0.4, -0.2) is 92.1 Å². The molecular formula is C34H50N4O6. The minimum atomic E-state index is -0.442. The number of ether oxygens (including phenoxy) is 3. The standard InChI is InChI=1S/C34H50N4O6/c1-23-19-38(24(2)22-39)33(40)30-18-28(36-34(41)35-27-11-14-29(42-5)15-12-27)13-16-31(30)44-25(3)8-6-7-17-43-32(23)21-37(4)20-26-9-10-26/h11-16,18,23-26,32,39H,6-10,17,19-22H2,1-5H3,(H2,35,36,41)/t23-,24+,25+,32+/m0/s1. The smallest absolute Gasteiger partial charge is 0.323 e. The number of fused-ring (bicyclic) bond motifs is 1. The number of anilines is 2. The number of rotatable bonds is 9. The Hall–Kier alpha value is -3.34. The van der Waals surface area contributed by atoms with Gasteiger partial charge < -0.3 is 39.8 Å². The maximum atomic E-state index is 14.3. The highest BCUT2D eigenvalue weighted by molar-refractivity contribution is 6.02. The third kappa shape index (κ3) is 9.84. The molecule has 1 saturated carbocycles. The second-order valence-electron chi connectivity index (χ2n) is 12.5. The van der Waals surface area contributed by atoms with Crippen LogP contribution in [0.2, 0.25) is 0 Å². The van der Waals surface area contributed by atoms with Crippen molar-refractivity contribution in [2.45, 2.75) is 71.1 Å². The number of nitrogens with one attached hydrogen (secondary N) is 2. The normalized spacial score (nSPS) is 22.4. The first-order chi connectivity index (χ1) is 21.2. The Kier molecular flexibility index (Phi) is 12.3. The fourth-order valence-electron chi connectivity index (χ4n) is 5.55. The fraction of sp³-hybridized carbons (Fsp3) is 0.588. The van der Waals surface area contributed by atoms with Crippen molar-refractivity contribution in [1.82, 2.24) is 9.80 Å². The number of hydrogen-bond acceptors (Lipinski definition) is 7. The van der Waals surface area contributed by atoms with Crippen LogP contribution in [0.15, 0.2) is 42.5 Å². The lowest BCUT2D eigenvalue weighted by molar-refractivity contribution is -0.0172. The van der Waals surface area contributed by atoms with E-state index in [2.05, 4.69) is 29.5 Å². The molecule has 3 amide bonds. The summed E-state index contributed by atoms with van der Waals surface area (Å²) in [7, 11) is 3.73. The molecule has 4 rings (SSSR count). The summed E-state index contributed by atoms with van der Waals surface area (Å²) in [6.45, 7) is 8.71. The first-order valence-corrected chi connectivity index (χ1v) is 15.9. The van der Waals surface area contributed by atoms with Gasteiger partial charge in [0.15, 0.2) is 0 Å². The van der Waals surface area contributed by atoms with E-state index in [0.29, 0.717) is 41.6 Å². The van der Waals surface area contributed by atoms with Crippen LogP contribution >= 0.6 is 0 Å². The molecule has 0 aromatic heterocycles. The third-order valence-electron chi connectivity index (χ3n) is 8.42. The molecule has 3 N–H and O–H groups in total. The Bertz CT molecular complexity index is 1220. The van der Waals surface area contributed by atoms with Gasteiger partial charge in [0, 0.05) is 43.5 Å². The van der Waals surface area contributed by atoms with E-state index < -0.39 is 12.1 Å². The van der Waals surface area contributed by atoms with Gasteiger partial charge in [-0.25, -0.2) is 4.79 Å². The van der Waals surface area contributed by atoms with Gasteiger partial charge in [-0.2, -0.15) is 0 Å². The second kappa shape index (κ2) is 16.1. The molecule has 10 heteroatoms. The van der Waals surface area contributed by atoms with Crippen molar-refractivity contribution < 1.29 is 28.9 Å². The van der Waals surface area contributed by atoms with Gasteiger partial charge in [0.25, 0.3) is 5.91 Å². The first-order valence-electron chi connectivity index (χ1n) is 15.9. The van der Waals surface area contributed by atoms with Crippen LogP contribution in [0.25, 0.3) is 0 Å². The predicted octanol–water partition coefficient (Wildman–Crippen LogP) is 5.48. The molecule has 2 aliphatic rings. The minimum absolute atomic E-state index is 0.0254. The number of urea groups is 1. The Balaban J connectivity index is 1.57. The number of likely N-dealkylation sites (N-methyl/N-ethyl adjacent to an activating group) is 1. The van der Waals surface area contributed by atoms with E-state index in [0.717, 1.165) is 38.3 Å². The van der Waals surface area contributed by atoms with Gasteiger partial charge in [-0.3, -0.25) is 4.79 Å². The molecule has 0 saturated heterocycles. The summed E-state index contributed by atoms with van der Waals surface area (Å²) in [5, 5.41) is 15.8. The van der Waals surface area contributed by atoms with Gasteiger partial charge >= 0.3 is 6.03 Å². The molecule has 1 fully saturated rings. The molecule has 0 bridgehead atoms. The number of hydrogen-bond donors (Lipinski definition) is 3. The number of nitrogens with zero attached hydrogens (tertiary/aromatic N) is 2. The largest absolute Gasteiger partial charge is 0.497 e. The summed E-state index contributed by atoms with van der Waals surface area (Å²) in [6, 6.07) is 11.3. The highest BCUT2D eigenvalue weighted by Crippen LogP contribution is 2.31. The van der Waals surface area contributed by atoms with E-state index in [1.165, 1.54) is 12.8 Å². The Morgan fingerprint density at radius 3 is 2.45 bits per heavy atom. The number of methoxy groups -OCH3 is 1. The van der Waals surface area contributed by atoms with E-state index in [4.69, 9.17) is 14.2 Å². The summed E-state index contributed by atoms with van der Waals surface area (Å²) in [5.74, 6) is 1.69. The predicted molar refractivity (Wildman–Crippen MR) is 173 cm³/mol. The summed E-state index contributed by atoms with van der Waals surface area (Å²) >= 11 is 0. The van der Waals surface area contributed by atoms with Crippen molar-refractivity contribution >= 4 is 23.3 Å². The SMILES string of the molecule is COc1ccc(NC(=O)Nc2ccc3c(c2)C(=O)N([C@H](C)CO)C[C@H](C)[C@@H](CN(C)CC2CC2)OCCCC[C@@H](C)O3)cc1. The van der Waals surface area contributed by atoms with Crippen molar-refractivity contribution in [3.63, 3.8) is 0 Å². The van der Waals surface area contributed by atoms with Gasteiger partial charge in [-0.05, 0) is 101 Å². The van der Waals surface area contributed by atoms with Crippen molar-refractivity contribution in [3.05, 3.63) is 48.0 Å². The van der Waals surface area contributed by atoms with Crippen LogP contribution in [0.1, 0.15) is 63.2 Å². The molecule has 0 spiro atoms. The molecule has 2 aromatic rings. The molecule has 44 heavy (non-hydrogen) atoms. The topological polar surface area (TPSA) is 113 Å². The summed E-state index contributed by atoms with van der Waals surface area (Å²) in [4.78, 5) is 31.2. The maximum Gasteiger partial charge on any atom is 0.323 e. The van der Waals surface area contributed by atoms with Crippen LogP contribution in [0.4, 0.5) is 16.2 Å². The van der Waals surface area contributed by atoms with Crippen LogP contribution in [0.5, 0.6) is 11.5 Å². The summed E-state index contributed by atoms with van der Waals surface area (Å²) in [5.41, 5.74) is 1.39.